The van der Waals surface area contributed by atoms with Crippen molar-refractivity contribution in [3.63, 3.8) is 0 Å². The van der Waals surface area contributed by atoms with Crippen molar-refractivity contribution in [1.82, 2.24) is 9.97 Å². The van der Waals surface area contributed by atoms with Gasteiger partial charge in [0.2, 0.25) is 0 Å². The van der Waals surface area contributed by atoms with E-state index >= 15 is 0 Å². The largest absolute Gasteiger partial charge is 0.507 e. The molecule has 2 aromatic carbocycles. The van der Waals surface area contributed by atoms with Crippen molar-refractivity contribution in [2.75, 3.05) is 0 Å². The Labute approximate surface area is 108 Å². The molecule has 0 aliphatic carbocycles. The van der Waals surface area contributed by atoms with Gasteiger partial charge in [0.1, 0.15) is 11.3 Å². The number of carboxylic acid groups (broad SMARTS) is 1. The molecule has 0 atom stereocenters. The summed E-state index contributed by atoms with van der Waals surface area (Å²) in [7, 11) is 0. The summed E-state index contributed by atoms with van der Waals surface area (Å²) >= 11 is 0. The van der Waals surface area contributed by atoms with Crippen molar-refractivity contribution < 1.29 is 15.0 Å². The van der Waals surface area contributed by atoms with E-state index in [9.17, 15) is 9.90 Å². The number of aromatic hydroxyl groups is 1. The second-order valence-corrected chi connectivity index (χ2v) is 4.17. The Hall–Kier alpha value is -2.82. The molecule has 0 fully saturated rings. The van der Waals surface area contributed by atoms with Crippen LogP contribution in [0, 0.1) is 0 Å². The van der Waals surface area contributed by atoms with Crippen LogP contribution in [0.5, 0.6) is 5.75 Å². The van der Waals surface area contributed by atoms with Gasteiger partial charge in [-0.25, -0.2) is 9.78 Å². The topological polar surface area (TPSA) is 86.2 Å². The van der Waals surface area contributed by atoms with Crippen molar-refractivity contribution in [3.05, 3.63) is 48.3 Å². The monoisotopic (exact) mass is 254 g/mol. The molecular weight excluding hydrogens is 244 g/mol. The smallest absolute Gasteiger partial charge is 0.339 e. The van der Waals surface area contributed by atoms with E-state index in [1.165, 1.54) is 12.1 Å². The highest BCUT2D eigenvalue weighted by atomic mass is 16.4. The number of rotatable bonds is 2. The summed E-state index contributed by atoms with van der Waals surface area (Å²) < 4.78 is 0. The average molecular weight is 254 g/mol. The molecule has 5 nitrogen and oxygen atoms in total. The molecule has 1 heterocycles. The Kier molecular flexibility index (Phi) is 2.45. The third-order valence-electron chi connectivity index (χ3n) is 2.98. The summed E-state index contributed by atoms with van der Waals surface area (Å²) in [5.74, 6) is -1.39. The first kappa shape index (κ1) is 11.3. The van der Waals surface area contributed by atoms with E-state index in [1.807, 2.05) is 18.2 Å². The van der Waals surface area contributed by atoms with Crippen LogP contribution in [-0.4, -0.2) is 26.2 Å². The lowest BCUT2D eigenvalue weighted by Gasteiger charge is -2.05. The Morgan fingerprint density at radius 3 is 2.63 bits per heavy atom. The number of phenols is 1. The number of nitrogens with zero attached hydrogens (tertiary/aromatic N) is 1. The van der Waals surface area contributed by atoms with Gasteiger partial charge in [0.05, 0.1) is 17.4 Å². The minimum atomic E-state index is -1.15. The summed E-state index contributed by atoms with van der Waals surface area (Å²) in [5.41, 5.74) is 3.19. The Morgan fingerprint density at radius 1 is 1.11 bits per heavy atom. The molecular formula is C14H10N2O3. The van der Waals surface area contributed by atoms with Crippen LogP contribution in [0.15, 0.2) is 42.7 Å². The Morgan fingerprint density at radius 2 is 1.84 bits per heavy atom. The van der Waals surface area contributed by atoms with Gasteiger partial charge in [-0.15, -0.1) is 0 Å². The van der Waals surface area contributed by atoms with Gasteiger partial charge in [0.25, 0.3) is 0 Å². The molecule has 0 saturated carbocycles. The second kappa shape index (κ2) is 4.13. The third-order valence-corrected chi connectivity index (χ3v) is 2.98. The molecule has 0 spiro atoms. The van der Waals surface area contributed by atoms with Crippen molar-refractivity contribution in [2.24, 2.45) is 0 Å². The quantitative estimate of drug-likeness (QED) is 0.656. The third kappa shape index (κ3) is 1.91. The summed E-state index contributed by atoms with van der Waals surface area (Å²) in [6.45, 7) is 0. The fourth-order valence-corrected chi connectivity index (χ4v) is 2.00. The van der Waals surface area contributed by atoms with Gasteiger partial charge in [-0.05, 0) is 35.4 Å². The van der Waals surface area contributed by atoms with Crippen LogP contribution >= 0.6 is 0 Å². The Balaban J connectivity index is 2.15. The molecule has 0 bridgehead atoms. The van der Waals surface area contributed by atoms with Gasteiger partial charge >= 0.3 is 5.97 Å². The van der Waals surface area contributed by atoms with Crippen LogP contribution in [-0.2, 0) is 0 Å². The highest BCUT2D eigenvalue weighted by Gasteiger charge is 2.11. The van der Waals surface area contributed by atoms with Gasteiger partial charge in [0, 0.05) is 0 Å². The zero-order valence-corrected chi connectivity index (χ0v) is 9.79. The minimum absolute atomic E-state index is 0.111. The van der Waals surface area contributed by atoms with E-state index in [1.54, 1.807) is 12.4 Å². The van der Waals surface area contributed by atoms with Crippen molar-refractivity contribution in [1.29, 1.82) is 0 Å². The van der Waals surface area contributed by atoms with E-state index in [0.717, 1.165) is 22.2 Å². The standard InChI is InChI=1S/C14H10N2O3/c17-13-4-2-8(5-10(13)14(18)19)9-1-3-11-12(6-9)16-7-15-11/h1-7,17H,(H,15,16)(H,18,19). The number of aromatic carboxylic acids is 1. The lowest BCUT2D eigenvalue weighted by molar-refractivity contribution is 0.0694. The number of hydrogen-bond acceptors (Lipinski definition) is 3. The molecule has 0 unspecified atom stereocenters. The fourth-order valence-electron chi connectivity index (χ4n) is 2.00. The van der Waals surface area contributed by atoms with Crippen LogP contribution in [0.25, 0.3) is 22.2 Å². The number of carbonyl (C=O) groups is 1. The van der Waals surface area contributed by atoms with Gasteiger partial charge < -0.3 is 15.2 Å². The number of aromatic nitrogens is 2. The molecule has 3 rings (SSSR count). The minimum Gasteiger partial charge on any atom is -0.507 e. The van der Waals surface area contributed by atoms with Crippen molar-refractivity contribution >= 4 is 17.0 Å². The lowest BCUT2D eigenvalue weighted by atomic mass is 10.0. The number of hydrogen-bond donors (Lipinski definition) is 3. The first-order chi connectivity index (χ1) is 9.15. The highest BCUT2D eigenvalue weighted by Crippen LogP contribution is 2.27. The molecule has 0 aliphatic heterocycles. The van der Waals surface area contributed by atoms with Crippen LogP contribution in [0.3, 0.4) is 0 Å². The average Bonchev–Trinajstić information content (AvgIpc) is 2.86. The van der Waals surface area contributed by atoms with Crippen molar-refractivity contribution in [3.8, 4) is 16.9 Å². The molecule has 0 amide bonds. The fraction of sp³-hybridized carbons (Fsp3) is 0. The number of fused-ring (bicyclic) bond motifs is 1. The van der Waals surface area contributed by atoms with E-state index < -0.39 is 5.97 Å². The van der Waals surface area contributed by atoms with E-state index in [2.05, 4.69) is 9.97 Å². The zero-order valence-electron chi connectivity index (χ0n) is 9.79. The van der Waals surface area contributed by atoms with Crippen LogP contribution < -0.4 is 0 Å². The predicted octanol–water partition coefficient (Wildman–Crippen LogP) is 2.63. The summed E-state index contributed by atoms with van der Waals surface area (Å²) in [6, 6.07) is 10.1. The maximum absolute atomic E-state index is 11.0. The number of carboxylic acids is 1. The predicted molar refractivity (Wildman–Crippen MR) is 70.2 cm³/mol. The number of imidazole rings is 1. The normalized spacial score (nSPS) is 10.7. The maximum Gasteiger partial charge on any atom is 0.339 e. The van der Waals surface area contributed by atoms with Crippen LogP contribution in [0.2, 0.25) is 0 Å². The summed E-state index contributed by atoms with van der Waals surface area (Å²) in [6.07, 6.45) is 1.61. The van der Waals surface area contributed by atoms with Gasteiger partial charge in [0.15, 0.2) is 0 Å². The molecule has 5 heteroatoms. The molecule has 0 aliphatic rings. The van der Waals surface area contributed by atoms with Crippen LogP contribution in [0.1, 0.15) is 10.4 Å². The van der Waals surface area contributed by atoms with Crippen molar-refractivity contribution in [2.45, 2.75) is 0 Å². The molecule has 3 aromatic rings. The number of nitrogens with one attached hydrogen (secondary N) is 1. The number of benzene rings is 2. The number of H-pyrrole nitrogens is 1. The van der Waals surface area contributed by atoms with E-state index in [-0.39, 0.29) is 11.3 Å². The van der Waals surface area contributed by atoms with Crippen LogP contribution in [0.4, 0.5) is 0 Å². The van der Waals surface area contributed by atoms with Gasteiger partial charge in [-0.3, -0.25) is 0 Å². The second-order valence-electron chi connectivity index (χ2n) is 4.17. The van der Waals surface area contributed by atoms with Gasteiger partial charge in [-0.1, -0.05) is 12.1 Å². The highest BCUT2D eigenvalue weighted by molar-refractivity contribution is 5.93. The Bertz CT molecular complexity index is 777. The molecule has 1 aromatic heterocycles. The molecule has 3 N–H and O–H groups in total. The van der Waals surface area contributed by atoms with E-state index in [0.29, 0.717) is 0 Å². The molecule has 94 valence electrons. The first-order valence-electron chi connectivity index (χ1n) is 5.65. The van der Waals surface area contributed by atoms with E-state index in [4.69, 9.17) is 5.11 Å². The summed E-state index contributed by atoms with van der Waals surface area (Å²) in [5, 5.41) is 18.5. The number of aromatic amines is 1. The maximum atomic E-state index is 11.0. The summed E-state index contributed by atoms with van der Waals surface area (Å²) in [4.78, 5) is 18.1. The molecule has 19 heavy (non-hydrogen) atoms. The molecule has 0 saturated heterocycles. The first-order valence-corrected chi connectivity index (χ1v) is 5.65. The molecule has 0 radical (unpaired) electrons. The SMILES string of the molecule is O=C(O)c1cc(-c2ccc3[nH]cnc3c2)ccc1O. The zero-order chi connectivity index (χ0) is 13.4. The lowest BCUT2D eigenvalue weighted by Crippen LogP contribution is -1.97. The van der Waals surface area contributed by atoms with Gasteiger partial charge in [-0.2, -0.15) is 0 Å².